The molecular formula is C11H12F12O. The Hall–Kier alpha value is -0.880. The third-order valence-corrected chi connectivity index (χ3v) is 3.11. The topological polar surface area (TPSA) is 9.23 Å². The number of alkyl halides is 12. The van der Waals surface area contributed by atoms with E-state index in [4.69, 9.17) is 0 Å². The van der Waals surface area contributed by atoms with Gasteiger partial charge < -0.3 is 4.74 Å². The summed E-state index contributed by atoms with van der Waals surface area (Å²) >= 11 is 0. The Morgan fingerprint density at radius 1 is 0.542 bits per heavy atom. The van der Waals surface area contributed by atoms with E-state index in [0.717, 1.165) is 0 Å². The lowest BCUT2D eigenvalue weighted by atomic mass is 9.86. The molecule has 0 saturated heterocycles. The number of hydrogen-bond acceptors (Lipinski definition) is 1. The first-order chi connectivity index (χ1) is 9.96. The maximum absolute atomic E-state index is 13.9. The summed E-state index contributed by atoms with van der Waals surface area (Å²) in [7, 11) is 0. The first-order valence-corrected chi connectivity index (χ1v) is 5.93. The number of hydrogen-bond donors (Lipinski definition) is 0. The Morgan fingerprint density at radius 2 is 0.875 bits per heavy atom. The van der Waals surface area contributed by atoms with Crippen molar-refractivity contribution in [2.75, 3.05) is 0 Å². The predicted octanol–water partition coefficient (Wildman–Crippen LogP) is 5.59. The van der Waals surface area contributed by atoms with Gasteiger partial charge in [-0.15, -0.1) is 0 Å². The summed E-state index contributed by atoms with van der Waals surface area (Å²) in [5.41, 5.74) is -15.0. The molecule has 146 valence electrons. The second-order valence-corrected chi connectivity index (χ2v) is 5.83. The molecule has 0 aliphatic heterocycles. The standard InChI is InChI=1S/C11H12F12O/c1-5(2,12)7(13,9(16,17)18)11(22,23)24-6(3,4)8(14,15)10(19,20)21/h1-4H3. The molecular weight excluding hydrogens is 376 g/mol. The molecule has 13 heteroatoms. The number of halogens is 12. The van der Waals surface area contributed by atoms with Gasteiger partial charge in [0.1, 0.15) is 5.60 Å². The van der Waals surface area contributed by atoms with Gasteiger partial charge in [0.2, 0.25) is 0 Å². The van der Waals surface area contributed by atoms with Gasteiger partial charge in [0.05, 0.1) is 0 Å². The quantitative estimate of drug-likeness (QED) is 0.558. The molecule has 1 atom stereocenters. The Morgan fingerprint density at radius 3 is 1.08 bits per heavy atom. The minimum atomic E-state index is -6.70. The van der Waals surface area contributed by atoms with Crippen LogP contribution in [0, 0.1) is 0 Å². The zero-order chi connectivity index (χ0) is 20.2. The van der Waals surface area contributed by atoms with Crippen LogP contribution in [0.2, 0.25) is 0 Å². The van der Waals surface area contributed by atoms with Gasteiger partial charge in [-0.3, -0.25) is 0 Å². The summed E-state index contributed by atoms with van der Waals surface area (Å²) in [6.45, 7) is -1.27. The van der Waals surface area contributed by atoms with E-state index in [1.807, 2.05) is 0 Å². The molecule has 0 fully saturated rings. The van der Waals surface area contributed by atoms with Gasteiger partial charge in [-0.25, -0.2) is 8.78 Å². The van der Waals surface area contributed by atoms with Crippen molar-refractivity contribution < 1.29 is 57.4 Å². The molecule has 0 radical (unpaired) electrons. The molecule has 0 bridgehead atoms. The smallest absolute Gasteiger partial charge is 0.305 e. The minimum absolute atomic E-state index is 0.299. The van der Waals surface area contributed by atoms with Crippen LogP contribution in [0.4, 0.5) is 52.7 Å². The molecule has 0 amide bonds. The summed E-state index contributed by atoms with van der Waals surface area (Å²) < 4.78 is 158. The molecule has 0 N–H and O–H groups in total. The Labute approximate surface area is 127 Å². The molecule has 0 aromatic heterocycles. The van der Waals surface area contributed by atoms with Crippen molar-refractivity contribution in [2.45, 2.75) is 69.0 Å². The average molecular weight is 388 g/mol. The maximum Gasteiger partial charge on any atom is 0.456 e. The Bertz CT molecular complexity index is 439. The average Bonchev–Trinajstić information content (AvgIpc) is 2.20. The molecule has 0 aromatic rings. The van der Waals surface area contributed by atoms with Gasteiger partial charge in [-0.2, -0.15) is 43.9 Å². The van der Waals surface area contributed by atoms with Crippen molar-refractivity contribution in [2.24, 2.45) is 0 Å². The molecule has 1 nitrogen and oxygen atoms in total. The predicted molar refractivity (Wildman–Crippen MR) is 56.2 cm³/mol. The van der Waals surface area contributed by atoms with Crippen LogP contribution < -0.4 is 0 Å². The monoisotopic (exact) mass is 388 g/mol. The summed E-state index contributed by atoms with van der Waals surface area (Å²) in [4.78, 5) is 0. The molecule has 0 heterocycles. The van der Waals surface area contributed by atoms with Crippen LogP contribution in [0.1, 0.15) is 27.7 Å². The molecule has 0 aromatic carbocycles. The highest BCUT2D eigenvalue weighted by Gasteiger charge is 2.82. The zero-order valence-corrected chi connectivity index (χ0v) is 12.4. The Balaban J connectivity index is 6.17. The lowest BCUT2D eigenvalue weighted by molar-refractivity contribution is -0.453. The molecule has 0 aliphatic carbocycles. The van der Waals surface area contributed by atoms with Crippen LogP contribution >= 0.6 is 0 Å². The molecule has 0 saturated carbocycles. The number of rotatable bonds is 5. The molecule has 1 unspecified atom stereocenters. The first-order valence-electron chi connectivity index (χ1n) is 5.93. The third kappa shape index (κ3) is 3.40. The van der Waals surface area contributed by atoms with E-state index in [0.29, 0.717) is 0 Å². The van der Waals surface area contributed by atoms with E-state index in [9.17, 15) is 52.7 Å². The van der Waals surface area contributed by atoms with Crippen LogP contribution in [-0.2, 0) is 4.74 Å². The summed E-state index contributed by atoms with van der Waals surface area (Å²) in [5, 5.41) is 0. The van der Waals surface area contributed by atoms with Gasteiger partial charge >= 0.3 is 30.1 Å². The minimum Gasteiger partial charge on any atom is -0.305 e. The highest BCUT2D eigenvalue weighted by Crippen LogP contribution is 2.56. The lowest BCUT2D eigenvalue weighted by Gasteiger charge is -2.44. The van der Waals surface area contributed by atoms with Gasteiger partial charge in [0.25, 0.3) is 0 Å². The van der Waals surface area contributed by atoms with Gasteiger partial charge in [-0.1, -0.05) is 0 Å². The fraction of sp³-hybridized carbons (Fsp3) is 1.00. The van der Waals surface area contributed by atoms with Crippen LogP contribution in [0.25, 0.3) is 0 Å². The summed E-state index contributed by atoms with van der Waals surface area (Å²) in [5.74, 6) is -6.10. The van der Waals surface area contributed by atoms with E-state index >= 15 is 0 Å². The molecule has 0 spiro atoms. The van der Waals surface area contributed by atoms with Crippen LogP contribution in [-0.4, -0.2) is 41.3 Å². The van der Waals surface area contributed by atoms with Crippen LogP contribution in [0.15, 0.2) is 0 Å². The fourth-order valence-corrected chi connectivity index (χ4v) is 1.64. The van der Waals surface area contributed by atoms with E-state index in [-0.39, 0.29) is 27.7 Å². The Kier molecular flexibility index (Phi) is 5.36. The van der Waals surface area contributed by atoms with Crippen LogP contribution in [0.3, 0.4) is 0 Å². The van der Waals surface area contributed by atoms with Crippen LogP contribution in [0.5, 0.6) is 0 Å². The fourth-order valence-electron chi connectivity index (χ4n) is 1.64. The van der Waals surface area contributed by atoms with Crippen molar-refractivity contribution >= 4 is 0 Å². The lowest BCUT2D eigenvalue weighted by Crippen LogP contribution is -2.69. The van der Waals surface area contributed by atoms with Crippen molar-refractivity contribution in [1.29, 1.82) is 0 Å². The zero-order valence-electron chi connectivity index (χ0n) is 12.4. The highest BCUT2D eigenvalue weighted by atomic mass is 19.4. The number of ether oxygens (including phenoxy) is 1. The van der Waals surface area contributed by atoms with Gasteiger partial charge in [0, 0.05) is 0 Å². The van der Waals surface area contributed by atoms with Gasteiger partial charge in [0.15, 0.2) is 5.67 Å². The van der Waals surface area contributed by atoms with E-state index in [1.54, 1.807) is 0 Å². The van der Waals surface area contributed by atoms with E-state index < -0.39 is 41.3 Å². The van der Waals surface area contributed by atoms with E-state index in [1.165, 1.54) is 0 Å². The maximum atomic E-state index is 13.9. The highest BCUT2D eigenvalue weighted by molar-refractivity contribution is 5.08. The second kappa shape index (κ2) is 5.56. The SMILES string of the molecule is CC(C)(F)C(F)(C(F)(F)F)C(F)(F)OC(C)(C)C(F)(F)C(F)(F)F. The van der Waals surface area contributed by atoms with Crippen molar-refractivity contribution in [3.63, 3.8) is 0 Å². The van der Waals surface area contributed by atoms with E-state index in [2.05, 4.69) is 4.74 Å². The second-order valence-electron chi connectivity index (χ2n) is 5.83. The van der Waals surface area contributed by atoms with Gasteiger partial charge in [-0.05, 0) is 27.7 Å². The summed E-state index contributed by atoms with van der Waals surface area (Å²) in [6.07, 6.45) is -19.6. The normalized spacial score (nSPS) is 18.5. The summed E-state index contributed by atoms with van der Waals surface area (Å²) in [6, 6.07) is 0. The van der Waals surface area contributed by atoms with Crippen molar-refractivity contribution in [3.05, 3.63) is 0 Å². The first kappa shape index (κ1) is 23.1. The molecule has 24 heavy (non-hydrogen) atoms. The molecule has 0 rings (SSSR count). The molecule has 0 aliphatic rings. The third-order valence-electron chi connectivity index (χ3n) is 3.11. The van der Waals surface area contributed by atoms with Crippen molar-refractivity contribution in [1.82, 2.24) is 0 Å². The van der Waals surface area contributed by atoms with Crippen molar-refractivity contribution in [3.8, 4) is 0 Å². The largest absolute Gasteiger partial charge is 0.456 e.